The molecule has 0 saturated heterocycles. The Morgan fingerprint density at radius 2 is 0.343 bits per heavy atom. The molecule has 0 spiro atoms. The highest BCUT2D eigenvalue weighted by atomic mass is 15.1. The lowest BCUT2D eigenvalue weighted by atomic mass is 9.84. The summed E-state index contributed by atoms with van der Waals surface area (Å²) in [5.41, 5.74) is 20.1. The lowest BCUT2D eigenvalue weighted by Gasteiger charge is -2.29. The highest BCUT2D eigenvalue weighted by Crippen LogP contribution is 2.39. The molecule has 1 nitrogen and oxygen atoms in total. The Morgan fingerprint density at radius 3 is 0.493 bits per heavy atom. The van der Waals surface area contributed by atoms with Gasteiger partial charge < -0.3 is 4.90 Å². The molecule has 0 aliphatic rings. The summed E-state index contributed by atoms with van der Waals surface area (Å²) in [6.45, 7) is 40.7. The fourth-order valence-corrected chi connectivity index (χ4v) is 8.39. The fourth-order valence-electron chi connectivity index (χ4n) is 8.39. The highest BCUT2D eigenvalue weighted by Gasteiger charge is 2.21. The minimum atomic E-state index is 0.145. The number of nitrogens with zero attached hydrogens (tertiary/aromatic N) is 1. The number of anilines is 3. The summed E-state index contributed by atoms with van der Waals surface area (Å²) in [5.74, 6) is 0. The topological polar surface area (TPSA) is 3.24 Å². The van der Waals surface area contributed by atoms with E-state index in [0.29, 0.717) is 0 Å². The normalized spacial score (nSPS) is 12.6. The summed E-state index contributed by atoms with van der Waals surface area (Å²) in [5, 5.41) is 0. The van der Waals surface area contributed by atoms with E-state index in [4.69, 9.17) is 0 Å². The predicted molar refractivity (Wildman–Crippen MR) is 296 cm³/mol. The molecule has 1 heteroatoms. The van der Waals surface area contributed by atoms with E-state index >= 15 is 0 Å². The molecule has 0 atom stereocenters. The maximum atomic E-state index is 2.35. The van der Waals surface area contributed by atoms with E-state index < -0.39 is 0 Å². The highest BCUT2D eigenvalue weighted by molar-refractivity contribution is 5.82. The quantitative estimate of drug-likeness (QED) is 0.161. The molecule has 350 valence electrons. The second-order valence-electron chi connectivity index (χ2n) is 25.0. The van der Waals surface area contributed by atoms with E-state index in [-0.39, 0.29) is 32.5 Å². The smallest absolute Gasteiger partial charge is 0.0461 e. The van der Waals surface area contributed by atoms with Gasteiger partial charge in [0.2, 0.25) is 0 Å². The summed E-state index contributed by atoms with van der Waals surface area (Å²) >= 11 is 0. The van der Waals surface area contributed by atoms with Crippen molar-refractivity contribution < 1.29 is 0 Å². The van der Waals surface area contributed by atoms with Gasteiger partial charge in [-0.2, -0.15) is 0 Å². The Balaban J connectivity index is 0.000000224. The van der Waals surface area contributed by atoms with Crippen LogP contribution in [0.3, 0.4) is 0 Å². The van der Waals surface area contributed by atoms with Gasteiger partial charge in [-0.25, -0.2) is 0 Å². The van der Waals surface area contributed by atoms with Crippen molar-refractivity contribution in [2.45, 2.75) is 157 Å². The van der Waals surface area contributed by atoms with Crippen LogP contribution >= 0.6 is 0 Å². The standard InChI is InChI=1S/C36H42.C30H39N/c1-34(2,3)31-16-10-25(11-17-31)28-22-29(26-12-18-32(19-13-26)35(4,5)6)24-30(23-28)27-14-20-33(21-15-27)36(7,8)9;1-28(2,3)22-10-16-25(17-11-22)31(26-18-12-23(13-19-26)29(4,5)6)27-20-14-24(15-21-27)30(7,8)9/h10-24H,1-9H3;10-21H,1-9H3. The molecule has 0 fully saturated rings. The lowest BCUT2D eigenvalue weighted by molar-refractivity contribution is 0.590. The minimum absolute atomic E-state index is 0.145. The van der Waals surface area contributed by atoms with Crippen molar-refractivity contribution in [2.24, 2.45) is 0 Å². The van der Waals surface area contributed by atoms with Gasteiger partial charge in [0, 0.05) is 17.1 Å². The van der Waals surface area contributed by atoms with Crippen molar-refractivity contribution in [3.05, 3.63) is 197 Å². The van der Waals surface area contributed by atoms with Crippen LogP contribution in [-0.4, -0.2) is 0 Å². The minimum Gasteiger partial charge on any atom is -0.311 e. The maximum absolute atomic E-state index is 2.35. The molecule has 0 bridgehead atoms. The fraction of sp³-hybridized carbons (Fsp3) is 0.364. The summed E-state index contributed by atoms with van der Waals surface area (Å²) in [6, 6.07) is 61.3. The molecule has 0 saturated carbocycles. The molecule has 0 unspecified atom stereocenters. The van der Waals surface area contributed by atoms with Gasteiger partial charge in [0.25, 0.3) is 0 Å². The van der Waals surface area contributed by atoms with Gasteiger partial charge in [-0.3, -0.25) is 0 Å². The Labute approximate surface area is 407 Å². The molecule has 0 aliphatic heterocycles. The second-order valence-corrected chi connectivity index (χ2v) is 25.0. The molecule has 7 aromatic carbocycles. The van der Waals surface area contributed by atoms with Crippen molar-refractivity contribution in [3.63, 3.8) is 0 Å². The first-order chi connectivity index (χ1) is 31.0. The van der Waals surface area contributed by atoms with Crippen LogP contribution in [0.4, 0.5) is 17.1 Å². The zero-order valence-corrected chi connectivity index (χ0v) is 44.5. The van der Waals surface area contributed by atoms with E-state index in [1.54, 1.807) is 0 Å². The summed E-state index contributed by atoms with van der Waals surface area (Å²) in [6.07, 6.45) is 0. The van der Waals surface area contributed by atoms with Gasteiger partial charge in [-0.05, 0) is 154 Å². The van der Waals surface area contributed by atoms with Crippen molar-refractivity contribution in [3.8, 4) is 33.4 Å². The van der Waals surface area contributed by atoms with Crippen molar-refractivity contribution in [2.75, 3.05) is 4.90 Å². The number of hydrogen-bond donors (Lipinski definition) is 0. The van der Waals surface area contributed by atoms with Crippen molar-refractivity contribution in [1.29, 1.82) is 0 Å². The molecule has 7 rings (SSSR count). The molecule has 0 aromatic heterocycles. The Bertz CT molecular complexity index is 2370. The van der Waals surface area contributed by atoms with Gasteiger partial charge in [0.1, 0.15) is 0 Å². The van der Waals surface area contributed by atoms with Crippen LogP contribution < -0.4 is 4.90 Å². The number of benzene rings is 7. The van der Waals surface area contributed by atoms with E-state index in [2.05, 4.69) is 293 Å². The molecule has 0 aliphatic carbocycles. The summed E-state index contributed by atoms with van der Waals surface area (Å²) in [4.78, 5) is 2.35. The van der Waals surface area contributed by atoms with Crippen LogP contribution in [0, 0.1) is 0 Å². The Kier molecular flexibility index (Phi) is 14.5. The van der Waals surface area contributed by atoms with Crippen molar-refractivity contribution >= 4 is 17.1 Å². The SMILES string of the molecule is CC(C)(C)c1ccc(-c2cc(-c3ccc(C(C)(C)C)cc3)cc(-c3ccc(C(C)(C)C)cc3)c2)cc1.CC(C)(C)c1ccc(N(c2ccc(C(C)(C)C)cc2)c2ccc(C(C)(C)C)cc2)cc1. The van der Waals surface area contributed by atoms with Gasteiger partial charge in [0.15, 0.2) is 0 Å². The molecule has 0 amide bonds. The summed E-state index contributed by atoms with van der Waals surface area (Å²) in [7, 11) is 0. The van der Waals surface area contributed by atoms with Crippen LogP contribution in [-0.2, 0) is 32.5 Å². The largest absolute Gasteiger partial charge is 0.311 e. The number of rotatable bonds is 6. The first kappa shape index (κ1) is 50.7. The van der Waals surface area contributed by atoms with E-state index in [1.807, 2.05) is 0 Å². The predicted octanol–water partition coefficient (Wildman–Crippen LogP) is 19.6. The molecule has 7 aromatic rings. The average molecular weight is 888 g/mol. The third-order valence-corrected chi connectivity index (χ3v) is 13.2. The third-order valence-electron chi connectivity index (χ3n) is 13.2. The lowest BCUT2D eigenvalue weighted by Crippen LogP contribution is -2.15. The van der Waals surface area contributed by atoms with Crippen LogP contribution in [0.2, 0.25) is 0 Å². The third kappa shape index (κ3) is 12.9. The van der Waals surface area contributed by atoms with E-state index in [9.17, 15) is 0 Å². The van der Waals surface area contributed by atoms with E-state index in [1.165, 1.54) is 83.8 Å². The van der Waals surface area contributed by atoms with Crippen LogP contribution in [0.1, 0.15) is 158 Å². The Hall–Kier alpha value is -5.66. The molecule has 67 heavy (non-hydrogen) atoms. The van der Waals surface area contributed by atoms with Crippen LogP contribution in [0.25, 0.3) is 33.4 Å². The second kappa shape index (κ2) is 19.1. The van der Waals surface area contributed by atoms with E-state index in [0.717, 1.165) is 0 Å². The summed E-state index contributed by atoms with van der Waals surface area (Å²) < 4.78 is 0. The Morgan fingerprint density at radius 1 is 0.194 bits per heavy atom. The molecular weight excluding hydrogens is 807 g/mol. The van der Waals surface area contributed by atoms with Gasteiger partial charge in [0.05, 0.1) is 0 Å². The van der Waals surface area contributed by atoms with Gasteiger partial charge in [-0.15, -0.1) is 0 Å². The monoisotopic (exact) mass is 888 g/mol. The molecule has 0 heterocycles. The average Bonchev–Trinajstić information content (AvgIpc) is 3.25. The van der Waals surface area contributed by atoms with Crippen LogP contribution in [0.15, 0.2) is 164 Å². The molecule has 0 radical (unpaired) electrons. The number of hydrogen-bond acceptors (Lipinski definition) is 1. The first-order valence-corrected chi connectivity index (χ1v) is 24.6. The van der Waals surface area contributed by atoms with Gasteiger partial charge >= 0.3 is 0 Å². The molecular formula is C66H81N. The van der Waals surface area contributed by atoms with Crippen LogP contribution in [0.5, 0.6) is 0 Å². The van der Waals surface area contributed by atoms with Gasteiger partial charge in [-0.1, -0.05) is 234 Å². The van der Waals surface area contributed by atoms with Crippen molar-refractivity contribution in [1.82, 2.24) is 0 Å². The maximum Gasteiger partial charge on any atom is 0.0461 e. The first-order valence-electron chi connectivity index (χ1n) is 24.6. The molecule has 0 N–H and O–H groups in total. The zero-order valence-electron chi connectivity index (χ0n) is 44.5. The zero-order chi connectivity index (χ0) is 49.3.